The van der Waals surface area contributed by atoms with Crippen LogP contribution in [0.4, 0.5) is 0 Å². The summed E-state index contributed by atoms with van der Waals surface area (Å²) in [5.74, 6) is 0. The van der Waals surface area contributed by atoms with Gasteiger partial charge in [0.05, 0.1) is 0 Å². The number of rotatable bonds is 3. The molecule has 0 saturated heterocycles. The summed E-state index contributed by atoms with van der Waals surface area (Å²) in [5, 5.41) is 4.99. The molecule has 0 unspecified atom stereocenters. The van der Waals surface area contributed by atoms with Crippen LogP contribution in [0.15, 0.2) is 72.8 Å². The van der Waals surface area contributed by atoms with E-state index in [4.69, 9.17) is 0 Å². The first-order valence-electron chi connectivity index (χ1n) is 9.06. The van der Waals surface area contributed by atoms with Crippen LogP contribution in [0.25, 0.3) is 23.4 Å². The van der Waals surface area contributed by atoms with Crippen LogP contribution in [0.1, 0.15) is 39.3 Å². The third-order valence-electron chi connectivity index (χ3n) is 4.31. The fourth-order valence-electron chi connectivity index (χ4n) is 2.70. The summed E-state index contributed by atoms with van der Waals surface area (Å²) >= 11 is 0. The molecule has 0 heterocycles. The number of allylic oxidation sites excluding steroid dienone is 2. The molecule has 0 fully saturated rings. The first-order valence-corrected chi connectivity index (χ1v) is 9.06. The number of benzene rings is 3. The van der Waals surface area contributed by atoms with Crippen molar-refractivity contribution in [1.82, 2.24) is 0 Å². The molecule has 0 nitrogen and oxygen atoms in total. The second-order valence-electron chi connectivity index (χ2n) is 6.11. The second-order valence-corrected chi connectivity index (χ2v) is 6.11. The molecule has 0 atom stereocenters. The highest BCUT2D eigenvalue weighted by Crippen LogP contribution is 2.15. The van der Waals surface area contributed by atoms with Crippen LogP contribution < -0.4 is 10.4 Å². The number of fused-ring (bicyclic) bond motifs is 1. The van der Waals surface area contributed by atoms with Gasteiger partial charge in [-0.1, -0.05) is 107 Å². The average molecular weight is 345 g/mol. The van der Waals surface area contributed by atoms with E-state index in [2.05, 4.69) is 87.2 Å². The van der Waals surface area contributed by atoms with Gasteiger partial charge < -0.3 is 0 Å². The second kappa shape index (κ2) is 11.1. The number of aryl methyl sites for hydroxylation is 2. The van der Waals surface area contributed by atoms with Crippen molar-refractivity contribution in [2.75, 3.05) is 0 Å². The van der Waals surface area contributed by atoms with Crippen LogP contribution in [0.5, 0.6) is 0 Å². The zero-order chi connectivity index (χ0) is 18.1. The van der Waals surface area contributed by atoms with E-state index in [0.29, 0.717) is 0 Å². The van der Waals surface area contributed by atoms with E-state index >= 15 is 0 Å². The maximum absolute atomic E-state index is 4.02. The Morgan fingerprint density at radius 2 is 1.42 bits per heavy atom. The first-order chi connectivity index (χ1) is 12.2. The number of hydrogen-bond donors (Lipinski definition) is 0. The molecular weight excluding hydrogens is 312 g/mol. The lowest BCUT2D eigenvalue weighted by Crippen LogP contribution is -2.22. The smallest absolute Gasteiger partial charge is 0.0181 e. The van der Waals surface area contributed by atoms with Crippen molar-refractivity contribution in [3.63, 3.8) is 0 Å². The van der Waals surface area contributed by atoms with Gasteiger partial charge in [0.1, 0.15) is 0 Å². The highest BCUT2D eigenvalue weighted by atomic mass is 14.0. The van der Waals surface area contributed by atoms with Gasteiger partial charge in [0.2, 0.25) is 0 Å². The molecule has 0 bridgehead atoms. The topological polar surface area (TPSA) is 0 Å². The van der Waals surface area contributed by atoms with Crippen molar-refractivity contribution in [3.05, 3.63) is 94.4 Å². The van der Waals surface area contributed by atoms with Crippen molar-refractivity contribution < 1.29 is 0 Å². The Hall–Kier alpha value is -2.60. The van der Waals surface area contributed by atoms with Gasteiger partial charge in [-0.2, -0.15) is 0 Å². The Morgan fingerprint density at radius 1 is 0.808 bits per heavy atom. The SMILES string of the molecule is C.C=c1cc(CC)cc/c1=C/C=C\C.CCc1ccc2ccccc2c1. The quantitative estimate of drug-likeness (QED) is 0.542. The predicted molar refractivity (Wildman–Crippen MR) is 120 cm³/mol. The molecule has 0 heteroatoms. The van der Waals surface area contributed by atoms with E-state index in [1.165, 1.54) is 27.1 Å². The fraction of sp³-hybridized carbons (Fsp3) is 0.231. The van der Waals surface area contributed by atoms with Crippen molar-refractivity contribution in [2.45, 2.75) is 41.0 Å². The standard InChI is InChI=1S/C13H16.C12H12.CH4/c1-4-6-7-13-9-8-12(5-2)10-11(13)3;1-2-10-7-8-11-5-3-4-6-12(11)9-10;/h4,6-10H,3,5H2,1-2H3;3-9H,2H2,1H3;1H4/b6-4-,13-7-;;. The molecule has 3 rings (SSSR count). The zero-order valence-corrected chi connectivity index (χ0v) is 15.6. The average Bonchev–Trinajstić information content (AvgIpc) is 2.67. The lowest BCUT2D eigenvalue weighted by molar-refractivity contribution is 1.13. The number of hydrogen-bond acceptors (Lipinski definition) is 0. The molecule has 3 aromatic carbocycles. The summed E-state index contributed by atoms with van der Waals surface area (Å²) in [6.07, 6.45) is 8.34. The Morgan fingerprint density at radius 3 is 2.04 bits per heavy atom. The van der Waals surface area contributed by atoms with Crippen molar-refractivity contribution in [3.8, 4) is 0 Å². The molecule has 0 radical (unpaired) electrons. The summed E-state index contributed by atoms with van der Waals surface area (Å²) in [5.41, 5.74) is 2.76. The molecule has 26 heavy (non-hydrogen) atoms. The van der Waals surface area contributed by atoms with E-state index in [0.717, 1.165) is 18.1 Å². The Bertz CT molecular complexity index is 945. The maximum Gasteiger partial charge on any atom is -0.0181 e. The Kier molecular flexibility index (Phi) is 9.15. The molecule has 0 amide bonds. The molecule has 136 valence electrons. The molecule has 0 aliphatic carbocycles. The molecule has 0 aliphatic rings. The van der Waals surface area contributed by atoms with Gasteiger partial charge in [-0.3, -0.25) is 0 Å². The van der Waals surface area contributed by atoms with Crippen LogP contribution in [0, 0.1) is 0 Å². The van der Waals surface area contributed by atoms with E-state index in [-0.39, 0.29) is 7.43 Å². The van der Waals surface area contributed by atoms with Crippen LogP contribution in [-0.2, 0) is 12.8 Å². The zero-order valence-electron chi connectivity index (χ0n) is 15.6. The molecule has 3 aromatic rings. The van der Waals surface area contributed by atoms with Crippen LogP contribution in [0.3, 0.4) is 0 Å². The van der Waals surface area contributed by atoms with E-state index < -0.39 is 0 Å². The van der Waals surface area contributed by atoms with Crippen LogP contribution >= 0.6 is 0 Å². The molecule has 0 spiro atoms. The Labute approximate surface area is 159 Å². The Balaban J connectivity index is 0.000000251. The van der Waals surface area contributed by atoms with E-state index in [1.54, 1.807) is 0 Å². The van der Waals surface area contributed by atoms with E-state index in [9.17, 15) is 0 Å². The lowest BCUT2D eigenvalue weighted by atomic mass is 10.1. The monoisotopic (exact) mass is 344 g/mol. The van der Waals surface area contributed by atoms with Gasteiger partial charge in [0.25, 0.3) is 0 Å². The van der Waals surface area contributed by atoms with Gasteiger partial charge in [-0.05, 0) is 52.1 Å². The summed E-state index contributed by atoms with van der Waals surface area (Å²) in [6, 6.07) is 21.5. The molecule has 0 aromatic heterocycles. The minimum Gasteiger partial charge on any atom is -0.0912 e. The van der Waals surface area contributed by atoms with Gasteiger partial charge >= 0.3 is 0 Å². The third kappa shape index (κ3) is 6.04. The molecule has 0 N–H and O–H groups in total. The van der Waals surface area contributed by atoms with E-state index in [1.807, 2.05) is 19.1 Å². The summed E-state index contributed by atoms with van der Waals surface area (Å²) in [6.45, 7) is 10.4. The summed E-state index contributed by atoms with van der Waals surface area (Å²) in [4.78, 5) is 0. The van der Waals surface area contributed by atoms with Gasteiger partial charge in [0.15, 0.2) is 0 Å². The van der Waals surface area contributed by atoms with Crippen molar-refractivity contribution in [1.29, 1.82) is 0 Å². The fourth-order valence-corrected chi connectivity index (χ4v) is 2.70. The van der Waals surface area contributed by atoms with Gasteiger partial charge in [-0.15, -0.1) is 0 Å². The minimum absolute atomic E-state index is 0. The normalized spacial score (nSPS) is 11.1. The minimum atomic E-state index is 0. The van der Waals surface area contributed by atoms with Crippen molar-refractivity contribution >= 4 is 23.4 Å². The largest absolute Gasteiger partial charge is 0.0912 e. The maximum atomic E-state index is 4.02. The highest BCUT2D eigenvalue weighted by molar-refractivity contribution is 5.82. The predicted octanol–water partition coefficient (Wildman–Crippen LogP) is 6.05. The molecule has 0 saturated carbocycles. The molecule has 0 aliphatic heterocycles. The van der Waals surface area contributed by atoms with Crippen LogP contribution in [0.2, 0.25) is 0 Å². The van der Waals surface area contributed by atoms with Crippen molar-refractivity contribution in [2.24, 2.45) is 0 Å². The lowest BCUT2D eigenvalue weighted by Gasteiger charge is -1.99. The highest BCUT2D eigenvalue weighted by Gasteiger charge is 1.92. The molecular formula is C26H32. The summed E-state index contributed by atoms with van der Waals surface area (Å²) < 4.78 is 0. The summed E-state index contributed by atoms with van der Waals surface area (Å²) in [7, 11) is 0. The third-order valence-corrected chi connectivity index (χ3v) is 4.31. The van der Waals surface area contributed by atoms with Gasteiger partial charge in [0, 0.05) is 0 Å². The van der Waals surface area contributed by atoms with Gasteiger partial charge in [-0.25, -0.2) is 0 Å². The first kappa shape index (κ1) is 21.4. The van der Waals surface area contributed by atoms with Crippen LogP contribution in [-0.4, -0.2) is 0 Å².